The number of carbonyl (C=O) groups is 1. The number of alkyl halides is 3. The molecule has 2 atom stereocenters. The van der Waals surface area contributed by atoms with Crippen LogP contribution in [0.3, 0.4) is 0 Å². The van der Waals surface area contributed by atoms with Crippen LogP contribution in [0.15, 0.2) is 66.7 Å². The maximum absolute atomic E-state index is 14.8. The minimum absolute atomic E-state index is 0.306. The minimum Gasteiger partial charge on any atom is -0.358 e. The van der Waals surface area contributed by atoms with Crippen molar-refractivity contribution >= 4 is 5.91 Å². The smallest absolute Gasteiger partial charge is 0.358 e. The highest BCUT2D eigenvalue weighted by molar-refractivity contribution is 5.83. The first kappa shape index (κ1) is 25.4. The largest absolute Gasteiger partial charge is 0.416 e. The van der Waals surface area contributed by atoms with Crippen molar-refractivity contribution < 1.29 is 26.7 Å². The Labute approximate surface area is 195 Å². The zero-order valence-electron chi connectivity index (χ0n) is 18.7. The maximum Gasteiger partial charge on any atom is 0.416 e. The summed E-state index contributed by atoms with van der Waals surface area (Å²) in [7, 11) is 1.46. The molecule has 0 radical (unpaired) electrons. The Kier molecular flexibility index (Phi) is 8.04. The van der Waals surface area contributed by atoms with Crippen LogP contribution in [0.2, 0.25) is 0 Å². The van der Waals surface area contributed by atoms with Crippen molar-refractivity contribution in [1.29, 1.82) is 0 Å². The molecule has 1 amide bonds. The molecule has 0 aliphatic carbocycles. The second-order valence-corrected chi connectivity index (χ2v) is 8.08. The summed E-state index contributed by atoms with van der Waals surface area (Å²) in [5.41, 5.74) is 1.55. The van der Waals surface area contributed by atoms with E-state index < -0.39 is 35.5 Å². The number of rotatable bonds is 8. The first-order valence-electron chi connectivity index (χ1n) is 10.7. The summed E-state index contributed by atoms with van der Waals surface area (Å²) in [6, 6.07) is 13.3. The number of halogens is 5. The van der Waals surface area contributed by atoms with Crippen LogP contribution in [-0.2, 0) is 17.4 Å². The van der Waals surface area contributed by atoms with Crippen molar-refractivity contribution in [3.05, 3.63) is 106 Å². The van der Waals surface area contributed by atoms with Crippen LogP contribution in [0.1, 0.15) is 46.3 Å². The molecule has 0 aliphatic heterocycles. The quantitative estimate of drug-likeness (QED) is 0.389. The van der Waals surface area contributed by atoms with Crippen LogP contribution >= 0.6 is 0 Å². The molecule has 0 aliphatic rings. The SMILES string of the molecule is CNC(=O)C(N[C@H](CCc1ccc(C(F)(F)F)cc1)c1cc(C)ccc1F)c1ccc(F)cc1. The van der Waals surface area contributed by atoms with Gasteiger partial charge in [-0.05, 0) is 61.2 Å². The van der Waals surface area contributed by atoms with E-state index in [1.165, 1.54) is 49.5 Å². The van der Waals surface area contributed by atoms with Crippen molar-refractivity contribution in [2.24, 2.45) is 0 Å². The number of hydrogen-bond donors (Lipinski definition) is 2. The van der Waals surface area contributed by atoms with Crippen molar-refractivity contribution in [1.82, 2.24) is 10.6 Å². The van der Waals surface area contributed by atoms with Crippen molar-refractivity contribution in [2.75, 3.05) is 7.05 Å². The summed E-state index contributed by atoms with van der Waals surface area (Å²) in [6.45, 7) is 1.81. The monoisotopic (exact) mass is 476 g/mol. The third-order valence-corrected chi connectivity index (χ3v) is 5.61. The van der Waals surface area contributed by atoms with Crippen molar-refractivity contribution in [3.8, 4) is 0 Å². The molecule has 0 heterocycles. The van der Waals surface area contributed by atoms with Gasteiger partial charge in [-0.1, -0.05) is 42.0 Å². The number of nitrogens with one attached hydrogen (secondary N) is 2. The van der Waals surface area contributed by atoms with Crippen LogP contribution in [0.25, 0.3) is 0 Å². The number of likely N-dealkylation sites (N-methyl/N-ethyl adjacent to an activating group) is 1. The highest BCUT2D eigenvalue weighted by Gasteiger charge is 2.30. The third kappa shape index (κ3) is 6.41. The molecule has 3 aromatic rings. The van der Waals surface area contributed by atoms with Gasteiger partial charge in [-0.3, -0.25) is 10.1 Å². The third-order valence-electron chi connectivity index (χ3n) is 5.61. The molecular formula is C26H25F5N2O. The number of carbonyl (C=O) groups excluding carboxylic acids is 1. The Hall–Kier alpha value is -3.26. The lowest BCUT2D eigenvalue weighted by Crippen LogP contribution is -2.38. The molecule has 2 N–H and O–H groups in total. The Morgan fingerprint density at radius 1 is 0.941 bits per heavy atom. The van der Waals surface area contributed by atoms with E-state index in [0.717, 1.165) is 17.7 Å². The first-order chi connectivity index (χ1) is 16.1. The van der Waals surface area contributed by atoms with Crippen LogP contribution in [0, 0.1) is 18.6 Å². The number of aryl methyl sites for hydroxylation is 2. The van der Waals surface area contributed by atoms with Gasteiger partial charge in [0.25, 0.3) is 0 Å². The van der Waals surface area contributed by atoms with E-state index in [-0.39, 0.29) is 5.91 Å². The molecule has 34 heavy (non-hydrogen) atoms. The summed E-state index contributed by atoms with van der Waals surface area (Å²) in [4.78, 5) is 12.7. The number of hydrogen-bond acceptors (Lipinski definition) is 2. The van der Waals surface area contributed by atoms with Crippen LogP contribution in [0.4, 0.5) is 22.0 Å². The summed E-state index contributed by atoms with van der Waals surface area (Å²) in [5, 5.41) is 5.74. The van der Waals surface area contributed by atoms with Crippen LogP contribution < -0.4 is 10.6 Å². The van der Waals surface area contributed by atoms with E-state index in [1.54, 1.807) is 12.1 Å². The summed E-state index contributed by atoms with van der Waals surface area (Å²) >= 11 is 0. The second kappa shape index (κ2) is 10.8. The average molecular weight is 476 g/mol. The van der Waals surface area contributed by atoms with Gasteiger partial charge in [-0.15, -0.1) is 0 Å². The Morgan fingerprint density at radius 2 is 1.59 bits per heavy atom. The van der Waals surface area contributed by atoms with Gasteiger partial charge in [0.1, 0.15) is 17.7 Å². The first-order valence-corrected chi connectivity index (χ1v) is 10.7. The standard InChI is InChI=1S/C26H25F5N2O/c1-16-3-13-22(28)21(15-16)23(14-6-17-4-9-19(10-5-17)26(29,30)31)33-24(25(34)32-2)18-7-11-20(27)12-8-18/h3-5,7-13,15,23-24,33H,6,14H2,1-2H3,(H,32,34)/t23-,24?/m1/s1. The number of amides is 1. The Balaban J connectivity index is 1.90. The lowest BCUT2D eigenvalue weighted by molar-refractivity contribution is -0.137. The molecule has 3 aromatic carbocycles. The zero-order chi connectivity index (χ0) is 24.9. The predicted molar refractivity (Wildman–Crippen MR) is 120 cm³/mol. The molecule has 3 rings (SSSR count). The van der Waals surface area contributed by atoms with Gasteiger partial charge in [-0.2, -0.15) is 13.2 Å². The molecule has 0 saturated heterocycles. The molecule has 180 valence electrons. The van der Waals surface area contributed by atoms with E-state index in [9.17, 15) is 26.7 Å². The van der Waals surface area contributed by atoms with Gasteiger partial charge in [0.05, 0.1) is 5.56 Å². The minimum atomic E-state index is -4.43. The normalized spacial score (nSPS) is 13.4. The molecular weight excluding hydrogens is 451 g/mol. The lowest BCUT2D eigenvalue weighted by atomic mass is 9.94. The molecule has 1 unspecified atom stereocenters. The fourth-order valence-electron chi connectivity index (χ4n) is 3.75. The predicted octanol–water partition coefficient (Wildman–Crippen LogP) is 6.04. The molecule has 8 heteroatoms. The highest BCUT2D eigenvalue weighted by Crippen LogP contribution is 2.31. The van der Waals surface area contributed by atoms with Gasteiger partial charge >= 0.3 is 6.18 Å². The van der Waals surface area contributed by atoms with Gasteiger partial charge in [0.15, 0.2) is 0 Å². The fraction of sp³-hybridized carbons (Fsp3) is 0.269. The van der Waals surface area contributed by atoms with E-state index in [4.69, 9.17) is 0 Å². The van der Waals surface area contributed by atoms with Gasteiger partial charge in [-0.25, -0.2) is 8.78 Å². The van der Waals surface area contributed by atoms with Crippen molar-refractivity contribution in [3.63, 3.8) is 0 Å². The van der Waals surface area contributed by atoms with Crippen LogP contribution in [-0.4, -0.2) is 13.0 Å². The maximum atomic E-state index is 14.8. The molecule has 0 spiro atoms. The van der Waals surface area contributed by atoms with Gasteiger partial charge in [0, 0.05) is 18.7 Å². The molecule has 0 bridgehead atoms. The van der Waals surface area contributed by atoms with E-state index in [0.29, 0.717) is 29.5 Å². The second-order valence-electron chi connectivity index (χ2n) is 8.08. The van der Waals surface area contributed by atoms with E-state index >= 15 is 0 Å². The Bertz CT molecular complexity index is 1110. The molecule has 0 fully saturated rings. The Morgan fingerprint density at radius 3 is 2.18 bits per heavy atom. The summed E-state index contributed by atoms with van der Waals surface area (Å²) in [5.74, 6) is -1.31. The summed E-state index contributed by atoms with van der Waals surface area (Å²) in [6.07, 6.45) is -3.78. The van der Waals surface area contributed by atoms with Crippen molar-refractivity contribution in [2.45, 2.75) is 38.0 Å². The molecule has 0 saturated carbocycles. The van der Waals surface area contributed by atoms with Crippen LogP contribution in [0.5, 0.6) is 0 Å². The molecule has 0 aromatic heterocycles. The van der Waals surface area contributed by atoms with E-state index in [1.807, 2.05) is 6.92 Å². The summed E-state index contributed by atoms with van der Waals surface area (Å²) < 4.78 is 66.8. The highest BCUT2D eigenvalue weighted by atomic mass is 19.4. The lowest BCUT2D eigenvalue weighted by Gasteiger charge is -2.26. The van der Waals surface area contributed by atoms with E-state index in [2.05, 4.69) is 10.6 Å². The fourth-order valence-corrected chi connectivity index (χ4v) is 3.75. The molecule has 3 nitrogen and oxygen atoms in total. The van der Waals surface area contributed by atoms with Gasteiger partial charge in [0.2, 0.25) is 5.91 Å². The average Bonchev–Trinajstić information content (AvgIpc) is 2.81. The zero-order valence-corrected chi connectivity index (χ0v) is 18.7. The topological polar surface area (TPSA) is 41.1 Å². The van der Waals surface area contributed by atoms with Gasteiger partial charge < -0.3 is 5.32 Å². The number of benzene rings is 3.